The highest BCUT2D eigenvalue weighted by Crippen LogP contribution is 2.26. The van der Waals surface area contributed by atoms with Crippen LogP contribution in [-0.2, 0) is 0 Å². The predicted molar refractivity (Wildman–Crippen MR) is 73.2 cm³/mol. The molecular weight excluding hydrogens is 208 g/mol. The molecule has 1 heterocycles. The minimum atomic E-state index is 0.556. The number of nitrogens with one attached hydrogen (secondary N) is 1. The van der Waals surface area contributed by atoms with E-state index in [4.69, 9.17) is 0 Å². The summed E-state index contributed by atoms with van der Waals surface area (Å²) >= 11 is 0. The number of likely N-dealkylation sites (N-methyl/N-ethyl adjacent to an activating group) is 1. The maximum atomic E-state index is 3.45. The summed E-state index contributed by atoms with van der Waals surface area (Å²) in [5.74, 6) is 0. The van der Waals surface area contributed by atoms with Gasteiger partial charge in [0, 0.05) is 18.6 Å². The fraction of sp³-hybridized carbons (Fsp3) is 0.600. The Kier molecular flexibility index (Phi) is 4.19. The van der Waals surface area contributed by atoms with E-state index < -0.39 is 0 Å². The average Bonchev–Trinajstić information content (AvgIpc) is 2.86. The summed E-state index contributed by atoms with van der Waals surface area (Å²) in [6.45, 7) is 6.73. The molecule has 0 aliphatic carbocycles. The van der Waals surface area contributed by atoms with Crippen molar-refractivity contribution in [1.29, 1.82) is 0 Å². The average molecular weight is 232 g/mol. The van der Waals surface area contributed by atoms with Crippen molar-refractivity contribution < 1.29 is 0 Å². The maximum Gasteiger partial charge on any atom is 0.0345 e. The number of nitrogens with zero attached hydrogens (tertiary/aromatic N) is 1. The van der Waals surface area contributed by atoms with Crippen molar-refractivity contribution in [1.82, 2.24) is 10.2 Å². The number of hydrogen-bond acceptors (Lipinski definition) is 2. The second-order valence-electron chi connectivity index (χ2n) is 5.15. The van der Waals surface area contributed by atoms with Crippen molar-refractivity contribution in [3.8, 4) is 0 Å². The molecule has 17 heavy (non-hydrogen) atoms. The summed E-state index contributed by atoms with van der Waals surface area (Å²) in [7, 11) is 2.27. The van der Waals surface area contributed by atoms with Crippen LogP contribution in [0.15, 0.2) is 24.3 Å². The van der Waals surface area contributed by atoms with E-state index in [1.54, 1.807) is 0 Å². The van der Waals surface area contributed by atoms with E-state index in [0.717, 1.165) is 6.54 Å². The minimum absolute atomic E-state index is 0.556. The molecule has 1 aliphatic heterocycles. The first-order chi connectivity index (χ1) is 8.22. The van der Waals surface area contributed by atoms with Crippen LogP contribution in [0, 0.1) is 6.92 Å². The Morgan fingerprint density at radius 2 is 2.06 bits per heavy atom. The number of benzene rings is 1. The first-order valence-electron chi connectivity index (χ1n) is 6.71. The fourth-order valence-corrected chi connectivity index (χ4v) is 2.79. The van der Waals surface area contributed by atoms with Gasteiger partial charge < -0.3 is 5.32 Å². The van der Waals surface area contributed by atoms with Crippen LogP contribution in [0.4, 0.5) is 0 Å². The summed E-state index contributed by atoms with van der Waals surface area (Å²) in [5, 5.41) is 3.45. The minimum Gasteiger partial charge on any atom is -0.315 e. The van der Waals surface area contributed by atoms with Crippen LogP contribution in [0.1, 0.15) is 36.9 Å². The predicted octanol–water partition coefficient (Wildman–Crippen LogP) is 2.74. The highest BCUT2D eigenvalue weighted by atomic mass is 15.2. The van der Waals surface area contributed by atoms with E-state index in [2.05, 4.69) is 55.4 Å². The molecule has 0 spiro atoms. The second kappa shape index (κ2) is 5.65. The molecule has 1 saturated heterocycles. The fourth-order valence-electron chi connectivity index (χ4n) is 2.79. The zero-order valence-electron chi connectivity index (χ0n) is 11.2. The molecule has 2 atom stereocenters. The van der Waals surface area contributed by atoms with Crippen molar-refractivity contribution in [2.45, 2.75) is 38.8 Å². The van der Waals surface area contributed by atoms with Crippen LogP contribution < -0.4 is 5.32 Å². The molecule has 2 rings (SSSR count). The van der Waals surface area contributed by atoms with Gasteiger partial charge in [0.05, 0.1) is 0 Å². The normalized spacial score (nSPS) is 22.0. The summed E-state index contributed by atoms with van der Waals surface area (Å²) in [6.07, 6.45) is 2.45. The van der Waals surface area contributed by atoms with Gasteiger partial charge in [0.1, 0.15) is 0 Å². The molecule has 0 saturated carbocycles. The molecule has 1 aromatic rings. The van der Waals surface area contributed by atoms with E-state index in [-0.39, 0.29) is 0 Å². The van der Waals surface area contributed by atoms with Crippen molar-refractivity contribution in [2.75, 3.05) is 20.1 Å². The number of hydrogen-bond donors (Lipinski definition) is 1. The number of aryl methyl sites for hydroxylation is 1. The van der Waals surface area contributed by atoms with Gasteiger partial charge in [0.2, 0.25) is 0 Å². The van der Waals surface area contributed by atoms with Gasteiger partial charge in [-0.15, -0.1) is 0 Å². The topological polar surface area (TPSA) is 15.3 Å². The summed E-state index contributed by atoms with van der Waals surface area (Å²) in [6, 6.07) is 10.3. The lowest BCUT2D eigenvalue weighted by Gasteiger charge is -2.32. The zero-order valence-corrected chi connectivity index (χ0v) is 11.2. The van der Waals surface area contributed by atoms with E-state index >= 15 is 0 Å². The molecule has 94 valence electrons. The Hall–Kier alpha value is -0.860. The lowest BCUT2D eigenvalue weighted by Crippen LogP contribution is -2.36. The number of rotatable bonds is 4. The third-order valence-electron chi connectivity index (χ3n) is 3.95. The summed E-state index contributed by atoms with van der Waals surface area (Å²) in [4.78, 5) is 2.55. The summed E-state index contributed by atoms with van der Waals surface area (Å²) < 4.78 is 0. The first-order valence-corrected chi connectivity index (χ1v) is 6.71. The van der Waals surface area contributed by atoms with Gasteiger partial charge in [-0.1, -0.05) is 36.8 Å². The summed E-state index contributed by atoms with van der Waals surface area (Å²) in [5.41, 5.74) is 2.79. The van der Waals surface area contributed by atoms with E-state index in [9.17, 15) is 0 Å². The molecule has 0 bridgehead atoms. The lowest BCUT2D eigenvalue weighted by atomic mass is 10.00. The quantitative estimate of drug-likeness (QED) is 0.858. The van der Waals surface area contributed by atoms with Gasteiger partial charge in [-0.3, -0.25) is 4.90 Å². The van der Waals surface area contributed by atoms with Crippen molar-refractivity contribution >= 4 is 0 Å². The third kappa shape index (κ3) is 2.88. The highest BCUT2D eigenvalue weighted by Gasteiger charge is 2.25. The van der Waals surface area contributed by atoms with Crippen LogP contribution in [0.25, 0.3) is 0 Å². The van der Waals surface area contributed by atoms with Crippen LogP contribution in [0.5, 0.6) is 0 Å². The molecule has 0 aromatic heterocycles. The monoisotopic (exact) mass is 232 g/mol. The van der Waals surface area contributed by atoms with Crippen LogP contribution in [-0.4, -0.2) is 31.1 Å². The van der Waals surface area contributed by atoms with Crippen LogP contribution >= 0.6 is 0 Å². The third-order valence-corrected chi connectivity index (χ3v) is 3.95. The van der Waals surface area contributed by atoms with Gasteiger partial charge in [0.15, 0.2) is 0 Å². The zero-order chi connectivity index (χ0) is 12.3. The van der Waals surface area contributed by atoms with Crippen LogP contribution in [0.3, 0.4) is 0 Å². The highest BCUT2D eigenvalue weighted by molar-refractivity contribution is 5.24. The molecule has 0 radical (unpaired) electrons. The Bertz CT molecular complexity index is 338. The van der Waals surface area contributed by atoms with Gasteiger partial charge >= 0.3 is 0 Å². The van der Waals surface area contributed by atoms with Crippen molar-refractivity contribution in [2.24, 2.45) is 0 Å². The van der Waals surface area contributed by atoms with E-state index in [1.165, 1.54) is 30.5 Å². The van der Waals surface area contributed by atoms with Crippen molar-refractivity contribution in [3.63, 3.8) is 0 Å². The lowest BCUT2D eigenvalue weighted by molar-refractivity contribution is 0.179. The Labute approximate surface area is 105 Å². The molecule has 1 fully saturated rings. The molecule has 1 aliphatic rings. The molecular formula is C15H24N2. The van der Waals surface area contributed by atoms with Gasteiger partial charge in [-0.05, 0) is 38.9 Å². The first kappa shape index (κ1) is 12.6. The Morgan fingerprint density at radius 3 is 2.59 bits per heavy atom. The van der Waals surface area contributed by atoms with E-state index in [0.29, 0.717) is 12.1 Å². The standard InChI is InChI=1S/C15H24N2/c1-4-15(13-7-5-12(2)6-8-13)17(3)14-9-10-16-11-14/h5-8,14-16H,4,9-11H2,1-3H3. The molecule has 1 aromatic carbocycles. The Balaban J connectivity index is 2.11. The maximum absolute atomic E-state index is 3.45. The SMILES string of the molecule is CCC(c1ccc(C)cc1)N(C)C1CCNC1. The van der Waals surface area contributed by atoms with Crippen molar-refractivity contribution in [3.05, 3.63) is 35.4 Å². The van der Waals surface area contributed by atoms with Gasteiger partial charge in [0.25, 0.3) is 0 Å². The smallest absolute Gasteiger partial charge is 0.0345 e. The van der Waals surface area contributed by atoms with Gasteiger partial charge in [-0.2, -0.15) is 0 Å². The molecule has 2 nitrogen and oxygen atoms in total. The van der Waals surface area contributed by atoms with Crippen LogP contribution in [0.2, 0.25) is 0 Å². The van der Waals surface area contributed by atoms with Gasteiger partial charge in [-0.25, -0.2) is 0 Å². The molecule has 2 unspecified atom stereocenters. The molecule has 2 heteroatoms. The second-order valence-corrected chi connectivity index (χ2v) is 5.15. The Morgan fingerprint density at radius 1 is 1.35 bits per heavy atom. The molecule has 0 amide bonds. The largest absolute Gasteiger partial charge is 0.315 e. The molecule has 1 N–H and O–H groups in total. The van der Waals surface area contributed by atoms with E-state index in [1.807, 2.05) is 0 Å².